The first-order valence-corrected chi connectivity index (χ1v) is 3.98. The molecule has 0 unspecified atom stereocenters. The maximum atomic E-state index is 10.2. The Kier molecular flexibility index (Phi) is 5.77. The van der Waals surface area contributed by atoms with Crippen LogP contribution in [0.2, 0.25) is 0 Å². The molecule has 0 spiro atoms. The molecule has 1 amide bonds. The van der Waals surface area contributed by atoms with Crippen molar-refractivity contribution in [3.8, 4) is 0 Å². The molecule has 0 aromatic carbocycles. The number of hydrogen-bond donors (Lipinski definition) is 2. The SMILES string of the molecule is Cl.NC(=O)OC[C@@H]1CC[C@@H](N)CO1. The van der Waals surface area contributed by atoms with Crippen molar-refractivity contribution in [3.05, 3.63) is 0 Å². The van der Waals surface area contributed by atoms with Crippen LogP contribution >= 0.6 is 12.4 Å². The molecular weight excluding hydrogens is 196 g/mol. The summed E-state index contributed by atoms with van der Waals surface area (Å²) in [6.45, 7) is 0.773. The molecule has 0 saturated carbocycles. The van der Waals surface area contributed by atoms with Gasteiger partial charge in [0, 0.05) is 6.04 Å². The van der Waals surface area contributed by atoms with Gasteiger partial charge in [0.2, 0.25) is 0 Å². The Morgan fingerprint density at radius 1 is 1.54 bits per heavy atom. The van der Waals surface area contributed by atoms with Crippen LogP contribution < -0.4 is 11.5 Å². The Bertz CT molecular complexity index is 160. The minimum absolute atomic E-state index is 0. The summed E-state index contributed by atoms with van der Waals surface area (Å²) in [5.41, 5.74) is 10.4. The second-order valence-electron chi connectivity index (χ2n) is 2.92. The highest BCUT2D eigenvalue weighted by Crippen LogP contribution is 2.12. The number of rotatable bonds is 2. The molecule has 1 rings (SSSR count). The molecule has 78 valence electrons. The third-order valence-electron chi connectivity index (χ3n) is 1.82. The number of carbonyl (C=O) groups is 1. The molecule has 1 aliphatic heterocycles. The van der Waals surface area contributed by atoms with Gasteiger partial charge in [-0.05, 0) is 12.8 Å². The second kappa shape index (κ2) is 6.01. The van der Waals surface area contributed by atoms with E-state index in [1.807, 2.05) is 0 Å². The highest BCUT2D eigenvalue weighted by Gasteiger charge is 2.19. The van der Waals surface area contributed by atoms with Gasteiger partial charge < -0.3 is 20.9 Å². The first-order chi connectivity index (χ1) is 5.68. The van der Waals surface area contributed by atoms with Crippen LogP contribution in [0.15, 0.2) is 0 Å². The zero-order chi connectivity index (χ0) is 8.97. The third kappa shape index (κ3) is 4.92. The predicted molar refractivity (Wildman–Crippen MR) is 49.7 cm³/mol. The number of halogens is 1. The average molecular weight is 211 g/mol. The minimum Gasteiger partial charge on any atom is -0.447 e. The molecule has 1 aliphatic rings. The summed E-state index contributed by atoms with van der Waals surface area (Å²) in [7, 11) is 0. The van der Waals surface area contributed by atoms with E-state index >= 15 is 0 Å². The first kappa shape index (κ1) is 12.5. The van der Waals surface area contributed by atoms with Crippen LogP contribution in [0.5, 0.6) is 0 Å². The van der Waals surface area contributed by atoms with Crippen LogP contribution in [0, 0.1) is 0 Å². The van der Waals surface area contributed by atoms with Crippen LogP contribution in [-0.2, 0) is 9.47 Å². The van der Waals surface area contributed by atoms with Crippen LogP contribution in [0.3, 0.4) is 0 Å². The van der Waals surface area contributed by atoms with Crippen molar-refractivity contribution < 1.29 is 14.3 Å². The number of ether oxygens (including phenoxy) is 2. The molecule has 0 radical (unpaired) electrons. The van der Waals surface area contributed by atoms with Gasteiger partial charge >= 0.3 is 6.09 Å². The Balaban J connectivity index is 0.00000144. The highest BCUT2D eigenvalue weighted by molar-refractivity contribution is 5.85. The standard InChI is InChI=1S/C7H14N2O3.ClH/c8-5-1-2-6(11-3-5)4-12-7(9)10;/h5-6H,1-4,8H2,(H2,9,10);1H/t5-,6+;/m1./s1. The van der Waals surface area contributed by atoms with E-state index in [2.05, 4.69) is 4.74 Å². The lowest BCUT2D eigenvalue weighted by Gasteiger charge is -2.25. The van der Waals surface area contributed by atoms with Crippen molar-refractivity contribution in [2.24, 2.45) is 11.5 Å². The number of amides is 1. The molecule has 1 heterocycles. The number of carbonyl (C=O) groups excluding carboxylic acids is 1. The van der Waals surface area contributed by atoms with Gasteiger partial charge in [-0.15, -0.1) is 12.4 Å². The van der Waals surface area contributed by atoms with Crippen molar-refractivity contribution in [2.45, 2.75) is 25.0 Å². The van der Waals surface area contributed by atoms with Gasteiger partial charge in [0.05, 0.1) is 12.7 Å². The first-order valence-electron chi connectivity index (χ1n) is 3.98. The maximum absolute atomic E-state index is 10.2. The minimum atomic E-state index is -0.756. The normalized spacial score (nSPS) is 27.5. The van der Waals surface area contributed by atoms with Gasteiger partial charge in [0.25, 0.3) is 0 Å². The zero-order valence-electron chi connectivity index (χ0n) is 7.27. The second-order valence-corrected chi connectivity index (χ2v) is 2.92. The molecule has 2 atom stereocenters. The Morgan fingerprint density at radius 3 is 2.69 bits per heavy atom. The van der Waals surface area contributed by atoms with E-state index < -0.39 is 6.09 Å². The lowest BCUT2D eigenvalue weighted by molar-refractivity contribution is -0.0286. The summed E-state index contributed by atoms with van der Waals surface area (Å²) >= 11 is 0. The zero-order valence-corrected chi connectivity index (χ0v) is 8.09. The lowest BCUT2D eigenvalue weighted by Crippen LogP contribution is -2.38. The van der Waals surface area contributed by atoms with E-state index in [-0.39, 0.29) is 31.2 Å². The smallest absolute Gasteiger partial charge is 0.404 e. The number of nitrogens with two attached hydrogens (primary N) is 2. The van der Waals surface area contributed by atoms with Gasteiger partial charge in [-0.2, -0.15) is 0 Å². The highest BCUT2D eigenvalue weighted by atomic mass is 35.5. The fraction of sp³-hybridized carbons (Fsp3) is 0.857. The van der Waals surface area contributed by atoms with E-state index in [0.29, 0.717) is 6.61 Å². The predicted octanol–water partition coefficient (Wildman–Crippen LogP) is 0.00980. The molecule has 0 bridgehead atoms. The third-order valence-corrected chi connectivity index (χ3v) is 1.82. The summed E-state index contributed by atoms with van der Waals surface area (Å²) in [6.07, 6.45) is 0.951. The molecule has 0 aromatic heterocycles. The monoisotopic (exact) mass is 210 g/mol. The summed E-state index contributed by atoms with van der Waals surface area (Å²) in [6, 6.07) is 0.120. The maximum Gasteiger partial charge on any atom is 0.404 e. The van der Waals surface area contributed by atoms with Gasteiger partial charge in [0.15, 0.2) is 0 Å². The van der Waals surface area contributed by atoms with Crippen LogP contribution in [-0.4, -0.2) is 31.5 Å². The lowest BCUT2D eigenvalue weighted by atomic mass is 10.1. The Morgan fingerprint density at radius 2 is 2.23 bits per heavy atom. The van der Waals surface area contributed by atoms with Gasteiger partial charge in [-0.3, -0.25) is 0 Å². The molecule has 4 N–H and O–H groups in total. The Labute approximate surface area is 83.1 Å². The topological polar surface area (TPSA) is 87.6 Å². The molecule has 0 aromatic rings. The summed E-state index contributed by atoms with van der Waals surface area (Å²) in [5, 5.41) is 0. The molecule has 13 heavy (non-hydrogen) atoms. The summed E-state index contributed by atoms with van der Waals surface area (Å²) < 4.78 is 9.87. The van der Waals surface area contributed by atoms with Gasteiger partial charge in [-0.1, -0.05) is 0 Å². The van der Waals surface area contributed by atoms with Crippen LogP contribution in [0.4, 0.5) is 4.79 Å². The molecule has 0 aliphatic carbocycles. The van der Waals surface area contributed by atoms with Gasteiger partial charge in [0.1, 0.15) is 6.61 Å². The van der Waals surface area contributed by atoms with E-state index in [9.17, 15) is 4.79 Å². The fourth-order valence-corrected chi connectivity index (χ4v) is 1.13. The molecular formula is C7H15ClN2O3. The van der Waals surface area contributed by atoms with E-state index in [4.69, 9.17) is 16.2 Å². The van der Waals surface area contributed by atoms with Crippen molar-refractivity contribution >= 4 is 18.5 Å². The summed E-state index contributed by atoms with van der Waals surface area (Å²) in [5.74, 6) is 0. The Hall–Kier alpha value is -0.520. The van der Waals surface area contributed by atoms with Gasteiger partial charge in [-0.25, -0.2) is 4.79 Å². The summed E-state index contributed by atoms with van der Waals surface area (Å²) in [4.78, 5) is 10.2. The number of primary amides is 1. The van der Waals surface area contributed by atoms with E-state index in [1.165, 1.54) is 0 Å². The molecule has 5 nitrogen and oxygen atoms in total. The van der Waals surface area contributed by atoms with E-state index in [1.54, 1.807) is 0 Å². The fourth-order valence-electron chi connectivity index (χ4n) is 1.13. The van der Waals surface area contributed by atoms with Crippen molar-refractivity contribution in [3.63, 3.8) is 0 Å². The molecule has 1 fully saturated rings. The van der Waals surface area contributed by atoms with Crippen LogP contribution in [0.25, 0.3) is 0 Å². The largest absolute Gasteiger partial charge is 0.447 e. The molecule has 6 heteroatoms. The van der Waals surface area contributed by atoms with E-state index in [0.717, 1.165) is 12.8 Å². The van der Waals surface area contributed by atoms with Crippen molar-refractivity contribution in [2.75, 3.05) is 13.2 Å². The van der Waals surface area contributed by atoms with Crippen molar-refractivity contribution in [1.29, 1.82) is 0 Å². The van der Waals surface area contributed by atoms with Crippen LogP contribution in [0.1, 0.15) is 12.8 Å². The van der Waals surface area contributed by atoms with Crippen molar-refractivity contribution in [1.82, 2.24) is 0 Å². The quantitative estimate of drug-likeness (QED) is 0.672. The molecule has 1 saturated heterocycles. The average Bonchev–Trinajstić information content (AvgIpc) is 2.03. The number of hydrogen-bond acceptors (Lipinski definition) is 4.